The fourth-order valence-corrected chi connectivity index (χ4v) is 4.29. The van der Waals surface area contributed by atoms with Gasteiger partial charge in [0.2, 0.25) is 5.88 Å². The van der Waals surface area contributed by atoms with E-state index in [1.54, 1.807) is 18.2 Å². The maximum Gasteiger partial charge on any atom is 0.349 e. The normalized spacial score (nSPS) is 14.2. The maximum atomic E-state index is 12.4. The van der Waals surface area contributed by atoms with Crippen molar-refractivity contribution < 1.29 is 23.7 Å². The molecular formula is C31H32N2O5. The van der Waals surface area contributed by atoms with E-state index in [9.17, 15) is 10.1 Å². The van der Waals surface area contributed by atoms with E-state index in [-0.39, 0.29) is 12.5 Å². The molecular weight excluding hydrogens is 480 g/mol. The van der Waals surface area contributed by atoms with Crippen molar-refractivity contribution in [3.05, 3.63) is 94.9 Å². The van der Waals surface area contributed by atoms with Gasteiger partial charge in [-0.3, -0.25) is 0 Å². The van der Waals surface area contributed by atoms with Crippen LogP contribution in [0, 0.1) is 11.3 Å². The number of allylic oxidation sites excluding steroid dienone is 1. The quantitative estimate of drug-likeness (QED) is 0.190. The minimum atomic E-state index is -0.550. The number of nitrogens with zero attached hydrogens (tertiary/aromatic N) is 1. The van der Waals surface area contributed by atoms with Crippen LogP contribution < -0.4 is 24.7 Å². The van der Waals surface area contributed by atoms with Crippen molar-refractivity contribution >= 4 is 5.97 Å². The molecule has 2 N–H and O–H groups in total. The van der Waals surface area contributed by atoms with Crippen LogP contribution in [0.2, 0.25) is 0 Å². The van der Waals surface area contributed by atoms with Crippen LogP contribution in [0.25, 0.3) is 0 Å². The first-order chi connectivity index (χ1) is 18.5. The zero-order valence-corrected chi connectivity index (χ0v) is 21.7. The number of ether oxygens (including phenoxy) is 4. The first-order valence-corrected chi connectivity index (χ1v) is 12.9. The van der Waals surface area contributed by atoms with Crippen molar-refractivity contribution in [2.45, 2.75) is 45.4 Å². The van der Waals surface area contributed by atoms with E-state index >= 15 is 0 Å². The van der Waals surface area contributed by atoms with Crippen LogP contribution in [0.4, 0.5) is 0 Å². The van der Waals surface area contributed by atoms with Crippen LogP contribution in [0.15, 0.2) is 78.2 Å². The third-order valence-electron chi connectivity index (χ3n) is 6.32. The number of fused-ring (bicyclic) bond motifs is 1. The highest BCUT2D eigenvalue weighted by atomic mass is 16.6. The molecule has 0 amide bonds. The standard InChI is InChI=1S/C31H32N2O5/c1-3-5-6-16-35-24-9-7-8-22(17-24)30-26-15-14-25(18-28(26)38-31(33)27(30)19-32)37-29(34)20-36-23-12-10-21(4-2)11-13-23/h7-15,17-18,30H,3-6,16,20,33H2,1-2H3. The van der Waals surface area contributed by atoms with E-state index < -0.39 is 11.9 Å². The van der Waals surface area contributed by atoms with Gasteiger partial charge in [-0.05, 0) is 54.3 Å². The van der Waals surface area contributed by atoms with Crippen molar-refractivity contribution in [3.63, 3.8) is 0 Å². The lowest BCUT2D eigenvalue weighted by molar-refractivity contribution is -0.136. The minimum Gasteiger partial charge on any atom is -0.494 e. The molecule has 38 heavy (non-hydrogen) atoms. The Labute approximate surface area is 223 Å². The molecule has 1 heterocycles. The Hall–Kier alpha value is -4.44. The van der Waals surface area contributed by atoms with Crippen molar-refractivity contribution in [2.75, 3.05) is 13.2 Å². The van der Waals surface area contributed by atoms with E-state index in [4.69, 9.17) is 24.7 Å². The van der Waals surface area contributed by atoms with Gasteiger partial charge in [-0.15, -0.1) is 0 Å². The summed E-state index contributed by atoms with van der Waals surface area (Å²) in [6.07, 6.45) is 4.14. The maximum absolute atomic E-state index is 12.4. The van der Waals surface area contributed by atoms with Gasteiger partial charge in [0, 0.05) is 11.6 Å². The molecule has 0 fully saturated rings. The molecule has 1 aliphatic heterocycles. The number of carbonyl (C=O) groups is 1. The summed E-state index contributed by atoms with van der Waals surface area (Å²) >= 11 is 0. The molecule has 0 bridgehead atoms. The zero-order valence-electron chi connectivity index (χ0n) is 21.7. The number of rotatable bonds is 11. The molecule has 1 unspecified atom stereocenters. The lowest BCUT2D eigenvalue weighted by atomic mass is 9.83. The van der Waals surface area contributed by atoms with Gasteiger partial charge in [0.15, 0.2) is 6.61 Å². The second kappa shape index (κ2) is 12.7. The summed E-state index contributed by atoms with van der Waals surface area (Å²) in [7, 11) is 0. The molecule has 0 aromatic heterocycles. The molecule has 7 heteroatoms. The van der Waals surface area contributed by atoms with Crippen molar-refractivity contribution in [2.24, 2.45) is 5.73 Å². The Morgan fingerprint density at radius 2 is 1.76 bits per heavy atom. The second-order valence-electron chi connectivity index (χ2n) is 9.01. The number of hydrogen-bond acceptors (Lipinski definition) is 7. The first-order valence-electron chi connectivity index (χ1n) is 12.9. The van der Waals surface area contributed by atoms with Gasteiger partial charge in [-0.2, -0.15) is 5.26 Å². The fourth-order valence-electron chi connectivity index (χ4n) is 4.29. The molecule has 3 aromatic carbocycles. The number of unbranched alkanes of at least 4 members (excludes halogenated alkanes) is 2. The van der Waals surface area contributed by atoms with Gasteiger partial charge < -0.3 is 24.7 Å². The van der Waals surface area contributed by atoms with Crippen LogP contribution in [-0.4, -0.2) is 19.2 Å². The summed E-state index contributed by atoms with van der Waals surface area (Å²) in [5, 5.41) is 9.86. The van der Waals surface area contributed by atoms with Crippen LogP contribution >= 0.6 is 0 Å². The van der Waals surface area contributed by atoms with E-state index in [2.05, 4.69) is 19.9 Å². The van der Waals surface area contributed by atoms with Gasteiger partial charge in [0.05, 0.1) is 12.5 Å². The number of hydrogen-bond donors (Lipinski definition) is 1. The smallest absolute Gasteiger partial charge is 0.349 e. The second-order valence-corrected chi connectivity index (χ2v) is 9.01. The number of aryl methyl sites for hydroxylation is 1. The van der Waals surface area contributed by atoms with Gasteiger partial charge in [0.1, 0.15) is 34.6 Å². The van der Waals surface area contributed by atoms with Gasteiger partial charge >= 0.3 is 5.97 Å². The van der Waals surface area contributed by atoms with E-state index in [0.29, 0.717) is 29.4 Å². The molecule has 4 rings (SSSR count). The average Bonchev–Trinajstić information content (AvgIpc) is 2.94. The molecule has 0 radical (unpaired) electrons. The largest absolute Gasteiger partial charge is 0.494 e. The molecule has 196 valence electrons. The number of nitrogens with two attached hydrogens (primary N) is 1. The summed E-state index contributed by atoms with van der Waals surface area (Å²) in [6, 6.07) is 22.5. The highest BCUT2D eigenvalue weighted by Crippen LogP contribution is 2.44. The molecule has 0 saturated carbocycles. The summed E-state index contributed by atoms with van der Waals surface area (Å²) in [4.78, 5) is 12.4. The number of benzene rings is 3. The van der Waals surface area contributed by atoms with E-state index in [1.165, 1.54) is 5.56 Å². The first kappa shape index (κ1) is 26.6. The van der Waals surface area contributed by atoms with E-state index in [0.717, 1.165) is 42.6 Å². The van der Waals surface area contributed by atoms with Crippen molar-refractivity contribution in [1.82, 2.24) is 0 Å². The Morgan fingerprint density at radius 1 is 0.974 bits per heavy atom. The molecule has 1 aliphatic rings. The topological polar surface area (TPSA) is 104 Å². The monoisotopic (exact) mass is 512 g/mol. The Morgan fingerprint density at radius 3 is 2.50 bits per heavy atom. The highest BCUT2D eigenvalue weighted by molar-refractivity contribution is 5.74. The number of carbonyl (C=O) groups excluding carboxylic acids is 1. The molecule has 7 nitrogen and oxygen atoms in total. The predicted octanol–water partition coefficient (Wildman–Crippen LogP) is 6.02. The molecule has 3 aromatic rings. The number of esters is 1. The van der Waals surface area contributed by atoms with Crippen LogP contribution in [0.5, 0.6) is 23.0 Å². The Bertz CT molecular complexity index is 1340. The van der Waals surface area contributed by atoms with Gasteiger partial charge in [0.25, 0.3) is 0 Å². The van der Waals surface area contributed by atoms with Crippen LogP contribution in [0.1, 0.15) is 55.7 Å². The minimum absolute atomic E-state index is 0.0154. The van der Waals surface area contributed by atoms with Crippen LogP contribution in [-0.2, 0) is 11.2 Å². The van der Waals surface area contributed by atoms with Gasteiger partial charge in [-0.25, -0.2) is 4.79 Å². The average molecular weight is 513 g/mol. The molecule has 0 aliphatic carbocycles. The lowest BCUT2D eigenvalue weighted by Crippen LogP contribution is -2.21. The SMILES string of the molecule is CCCCCOc1cccc(C2C(C#N)=C(N)Oc3cc(OC(=O)COc4ccc(CC)cc4)ccc32)c1. The molecule has 0 spiro atoms. The molecule has 0 saturated heterocycles. The number of nitriles is 1. The lowest BCUT2D eigenvalue weighted by Gasteiger charge is -2.27. The third kappa shape index (κ3) is 6.46. The highest BCUT2D eigenvalue weighted by Gasteiger charge is 2.31. The van der Waals surface area contributed by atoms with Crippen molar-refractivity contribution in [3.8, 4) is 29.1 Å². The molecule has 1 atom stereocenters. The van der Waals surface area contributed by atoms with Crippen LogP contribution in [0.3, 0.4) is 0 Å². The summed E-state index contributed by atoms with van der Waals surface area (Å²) in [5.74, 6) is 1.06. The zero-order chi connectivity index (χ0) is 26.9. The van der Waals surface area contributed by atoms with Crippen molar-refractivity contribution in [1.29, 1.82) is 5.26 Å². The summed E-state index contributed by atoms with van der Waals surface area (Å²) in [5.41, 5.74) is 9.24. The fraction of sp³-hybridized carbons (Fsp3) is 0.290. The van der Waals surface area contributed by atoms with E-state index in [1.807, 2.05) is 48.5 Å². The summed E-state index contributed by atoms with van der Waals surface area (Å²) < 4.78 is 22.7. The third-order valence-corrected chi connectivity index (χ3v) is 6.32. The van der Waals surface area contributed by atoms with Gasteiger partial charge in [-0.1, -0.05) is 57.0 Å². The Balaban J connectivity index is 1.49. The predicted molar refractivity (Wildman–Crippen MR) is 144 cm³/mol. The summed E-state index contributed by atoms with van der Waals surface area (Å²) in [6.45, 7) is 4.62. The Kier molecular flexibility index (Phi) is 8.89.